The van der Waals surface area contributed by atoms with Crippen LogP contribution in [-0.2, 0) is 0 Å². The van der Waals surface area contributed by atoms with Crippen molar-refractivity contribution in [3.63, 3.8) is 0 Å². The second-order valence-electron chi connectivity index (χ2n) is 4.47. The Balaban J connectivity index is 2.02. The zero-order valence-electron chi connectivity index (χ0n) is 12.5. The largest absolute Gasteiger partial charge is 0.493 e. The van der Waals surface area contributed by atoms with Crippen molar-refractivity contribution in [1.29, 1.82) is 0 Å². The van der Waals surface area contributed by atoms with Crippen LogP contribution in [0.15, 0.2) is 40.8 Å². The highest BCUT2D eigenvalue weighted by atomic mass is 32.1. The fourth-order valence-electron chi connectivity index (χ4n) is 2.10. The summed E-state index contributed by atoms with van der Waals surface area (Å²) in [5, 5.41) is 13.4. The summed E-state index contributed by atoms with van der Waals surface area (Å²) in [6.45, 7) is 0. The molecule has 0 aliphatic rings. The van der Waals surface area contributed by atoms with E-state index in [9.17, 15) is 0 Å². The zero-order chi connectivity index (χ0) is 16.2. The SMILES string of the molecule is COc1cccc(/C=N\n2c(-c3cccs3)n[nH]c2=S)c1OC. The molecule has 0 unspecified atom stereocenters. The van der Waals surface area contributed by atoms with Crippen LogP contribution in [0.4, 0.5) is 0 Å². The summed E-state index contributed by atoms with van der Waals surface area (Å²) in [7, 11) is 3.19. The Bertz CT molecular complexity index is 881. The van der Waals surface area contributed by atoms with Crippen molar-refractivity contribution in [2.45, 2.75) is 0 Å². The quantitative estimate of drug-likeness (QED) is 0.567. The van der Waals surface area contributed by atoms with Gasteiger partial charge in [-0.1, -0.05) is 12.1 Å². The van der Waals surface area contributed by atoms with Crippen molar-refractivity contribution in [3.8, 4) is 22.2 Å². The Kier molecular flexibility index (Phi) is 4.54. The van der Waals surface area contributed by atoms with Gasteiger partial charge in [-0.3, -0.25) is 0 Å². The van der Waals surface area contributed by atoms with Crippen molar-refractivity contribution in [2.75, 3.05) is 14.2 Å². The summed E-state index contributed by atoms with van der Waals surface area (Å²) in [6.07, 6.45) is 1.67. The number of nitrogens with zero attached hydrogens (tertiary/aromatic N) is 3. The maximum atomic E-state index is 5.40. The van der Waals surface area contributed by atoms with Crippen LogP contribution in [0.25, 0.3) is 10.7 Å². The number of hydrogen-bond acceptors (Lipinski definition) is 6. The third kappa shape index (κ3) is 3.03. The first kappa shape index (κ1) is 15.4. The molecule has 3 aromatic rings. The number of thiophene rings is 1. The lowest BCUT2D eigenvalue weighted by atomic mass is 10.2. The fraction of sp³-hybridized carbons (Fsp3) is 0.133. The van der Waals surface area contributed by atoms with Gasteiger partial charge in [0, 0.05) is 5.56 Å². The Labute approximate surface area is 142 Å². The molecule has 0 fully saturated rings. The van der Waals surface area contributed by atoms with Gasteiger partial charge in [0.05, 0.1) is 25.3 Å². The van der Waals surface area contributed by atoms with Gasteiger partial charge < -0.3 is 9.47 Å². The van der Waals surface area contributed by atoms with E-state index < -0.39 is 0 Å². The average molecular weight is 346 g/mol. The molecule has 3 rings (SSSR count). The van der Waals surface area contributed by atoms with E-state index in [0.717, 1.165) is 10.4 Å². The number of para-hydroxylation sites is 1. The molecule has 2 aromatic heterocycles. The van der Waals surface area contributed by atoms with Crippen molar-refractivity contribution in [3.05, 3.63) is 46.0 Å². The van der Waals surface area contributed by atoms with Crippen molar-refractivity contribution in [2.24, 2.45) is 5.10 Å². The first-order valence-corrected chi connectivity index (χ1v) is 8.00. The van der Waals surface area contributed by atoms with Gasteiger partial charge >= 0.3 is 0 Å². The molecule has 23 heavy (non-hydrogen) atoms. The van der Waals surface area contributed by atoms with E-state index in [1.54, 1.807) is 36.4 Å². The molecule has 1 aromatic carbocycles. The lowest BCUT2D eigenvalue weighted by Crippen LogP contribution is -1.97. The van der Waals surface area contributed by atoms with Gasteiger partial charge in [0.1, 0.15) is 0 Å². The number of aromatic amines is 1. The molecule has 118 valence electrons. The van der Waals surface area contributed by atoms with Crippen LogP contribution < -0.4 is 9.47 Å². The van der Waals surface area contributed by atoms with E-state index in [2.05, 4.69) is 15.3 Å². The van der Waals surface area contributed by atoms with E-state index in [1.165, 1.54) is 0 Å². The Morgan fingerprint density at radius 2 is 2.13 bits per heavy atom. The van der Waals surface area contributed by atoms with E-state index in [4.69, 9.17) is 21.7 Å². The van der Waals surface area contributed by atoms with Crippen molar-refractivity contribution in [1.82, 2.24) is 14.9 Å². The molecular weight excluding hydrogens is 332 g/mol. The summed E-state index contributed by atoms with van der Waals surface area (Å²) < 4.78 is 12.7. The summed E-state index contributed by atoms with van der Waals surface area (Å²) in [6, 6.07) is 9.51. The highest BCUT2D eigenvalue weighted by molar-refractivity contribution is 7.71. The molecule has 0 spiro atoms. The van der Waals surface area contributed by atoms with Crippen LogP contribution in [0.2, 0.25) is 0 Å². The molecule has 8 heteroatoms. The van der Waals surface area contributed by atoms with Gasteiger partial charge in [-0.15, -0.1) is 11.3 Å². The second-order valence-corrected chi connectivity index (χ2v) is 5.80. The maximum absolute atomic E-state index is 5.40. The minimum absolute atomic E-state index is 0.423. The second kappa shape index (κ2) is 6.76. The Morgan fingerprint density at radius 3 is 2.83 bits per heavy atom. The van der Waals surface area contributed by atoms with Gasteiger partial charge in [-0.05, 0) is 35.8 Å². The third-order valence-electron chi connectivity index (χ3n) is 3.14. The number of methoxy groups -OCH3 is 2. The van der Waals surface area contributed by atoms with Crippen LogP contribution >= 0.6 is 23.6 Å². The van der Waals surface area contributed by atoms with Gasteiger partial charge in [-0.25, -0.2) is 5.10 Å². The summed E-state index contributed by atoms with van der Waals surface area (Å²) in [4.78, 5) is 0.979. The lowest BCUT2D eigenvalue weighted by molar-refractivity contribution is 0.354. The number of nitrogens with one attached hydrogen (secondary N) is 1. The lowest BCUT2D eigenvalue weighted by Gasteiger charge is -2.09. The zero-order valence-corrected chi connectivity index (χ0v) is 14.1. The summed E-state index contributed by atoms with van der Waals surface area (Å²) >= 11 is 6.82. The monoisotopic (exact) mass is 346 g/mol. The molecule has 2 heterocycles. The number of benzene rings is 1. The minimum Gasteiger partial charge on any atom is -0.493 e. The van der Waals surface area contributed by atoms with Crippen LogP contribution in [0.1, 0.15) is 5.56 Å². The number of ether oxygens (including phenoxy) is 2. The third-order valence-corrected chi connectivity index (χ3v) is 4.27. The molecule has 0 saturated carbocycles. The topological polar surface area (TPSA) is 64.4 Å². The Hall–Kier alpha value is -2.45. The minimum atomic E-state index is 0.423. The normalized spacial score (nSPS) is 11.0. The van der Waals surface area contributed by atoms with Gasteiger partial charge in [0.2, 0.25) is 4.77 Å². The molecule has 6 nitrogen and oxygen atoms in total. The van der Waals surface area contributed by atoms with Gasteiger partial charge in [0.25, 0.3) is 0 Å². The molecule has 0 radical (unpaired) electrons. The molecule has 0 amide bonds. The molecule has 0 aliphatic heterocycles. The smallest absolute Gasteiger partial charge is 0.216 e. The summed E-state index contributed by atoms with van der Waals surface area (Å²) in [5.74, 6) is 1.93. The van der Waals surface area contributed by atoms with Crippen LogP contribution in [0.3, 0.4) is 0 Å². The highest BCUT2D eigenvalue weighted by Crippen LogP contribution is 2.29. The number of aromatic nitrogens is 3. The van der Waals surface area contributed by atoms with Crippen molar-refractivity contribution < 1.29 is 9.47 Å². The number of hydrogen-bond donors (Lipinski definition) is 1. The predicted molar refractivity (Wildman–Crippen MR) is 93.3 cm³/mol. The van der Waals surface area contributed by atoms with E-state index in [1.807, 2.05) is 35.7 Å². The molecule has 0 aliphatic carbocycles. The molecule has 0 saturated heterocycles. The standard InChI is InChI=1S/C15H14N4O2S2/c1-20-11-6-3-5-10(13(11)21-2)9-16-19-14(17-18-15(19)22)12-7-4-8-23-12/h3-9H,1-2H3,(H,18,22)/b16-9-. The van der Waals surface area contributed by atoms with Crippen LogP contribution in [0.5, 0.6) is 11.5 Å². The summed E-state index contributed by atoms with van der Waals surface area (Å²) in [5.41, 5.74) is 0.784. The van der Waals surface area contributed by atoms with E-state index in [0.29, 0.717) is 22.1 Å². The molecule has 0 bridgehead atoms. The van der Waals surface area contributed by atoms with E-state index in [-0.39, 0.29) is 0 Å². The maximum Gasteiger partial charge on any atom is 0.216 e. The first-order valence-electron chi connectivity index (χ1n) is 6.71. The number of H-pyrrole nitrogens is 1. The first-order chi connectivity index (χ1) is 11.2. The van der Waals surface area contributed by atoms with Crippen molar-refractivity contribution >= 4 is 29.8 Å². The molecule has 1 N–H and O–H groups in total. The predicted octanol–water partition coefficient (Wildman–Crippen LogP) is 3.57. The van der Waals surface area contributed by atoms with Gasteiger partial charge in [0.15, 0.2) is 17.3 Å². The fourth-order valence-corrected chi connectivity index (χ4v) is 2.98. The molecular formula is C15H14N4O2S2. The average Bonchev–Trinajstić information content (AvgIpc) is 3.22. The van der Waals surface area contributed by atoms with Gasteiger partial charge in [-0.2, -0.15) is 14.9 Å². The van der Waals surface area contributed by atoms with Crippen LogP contribution in [-0.4, -0.2) is 35.3 Å². The molecule has 0 atom stereocenters. The van der Waals surface area contributed by atoms with Crippen LogP contribution in [0, 0.1) is 4.77 Å². The Morgan fingerprint density at radius 1 is 1.26 bits per heavy atom. The highest BCUT2D eigenvalue weighted by Gasteiger charge is 2.10. The number of rotatable bonds is 5. The van der Waals surface area contributed by atoms with E-state index >= 15 is 0 Å².